The van der Waals surface area contributed by atoms with Crippen molar-refractivity contribution in [1.29, 1.82) is 0 Å². The highest BCUT2D eigenvalue weighted by Crippen LogP contribution is 2.35. The lowest BCUT2D eigenvalue weighted by Crippen LogP contribution is -2.40. The summed E-state index contributed by atoms with van der Waals surface area (Å²) in [5, 5.41) is 3.43. The number of rotatable bonds is 13. The second-order valence-corrected chi connectivity index (χ2v) is 13.8. The highest BCUT2D eigenvalue weighted by Gasteiger charge is 2.35. The number of benzene rings is 1. The Labute approximate surface area is 253 Å². The molecule has 1 amide bonds. The van der Waals surface area contributed by atoms with Gasteiger partial charge in [-0.15, -0.1) is 0 Å². The Hall–Kier alpha value is -2.90. The van der Waals surface area contributed by atoms with Gasteiger partial charge in [0.05, 0.1) is 24.1 Å². The Bertz CT molecular complexity index is 1340. The van der Waals surface area contributed by atoms with Gasteiger partial charge in [-0.05, 0) is 84.0 Å². The molecule has 0 spiro atoms. The summed E-state index contributed by atoms with van der Waals surface area (Å²) >= 11 is 0. The van der Waals surface area contributed by atoms with E-state index in [1.54, 1.807) is 11.8 Å². The zero-order chi connectivity index (χ0) is 31.1. The topological polar surface area (TPSA) is 117 Å². The molecule has 238 valence electrons. The lowest BCUT2D eigenvalue weighted by atomic mass is 9.86. The van der Waals surface area contributed by atoms with Crippen molar-refractivity contribution in [3.8, 4) is 11.5 Å². The van der Waals surface area contributed by atoms with Crippen molar-refractivity contribution >= 4 is 21.7 Å². The van der Waals surface area contributed by atoms with E-state index in [0.717, 1.165) is 38.3 Å². The van der Waals surface area contributed by atoms with Gasteiger partial charge in [0.15, 0.2) is 11.6 Å². The van der Waals surface area contributed by atoms with E-state index in [4.69, 9.17) is 4.74 Å². The first-order chi connectivity index (χ1) is 20.5. The fraction of sp³-hybridized carbons (Fsp3) is 0.633. The molecule has 0 bridgehead atoms. The number of hydrogen-bond acceptors (Lipinski definition) is 8. The zero-order valence-electron chi connectivity index (χ0n) is 25.4. The lowest BCUT2D eigenvalue weighted by Gasteiger charge is -2.29. The van der Waals surface area contributed by atoms with Crippen molar-refractivity contribution in [2.24, 2.45) is 11.8 Å². The normalized spacial score (nSPS) is 22.6. The molecule has 1 aromatic heterocycles. The number of carbonyl (C=O) groups excluding carboxylic acids is 1. The number of aromatic nitrogens is 2. The van der Waals surface area contributed by atoms with Gasteiger partial charge < -0.3 is 19.9 Å². The zero-order valence-corrected chi connectivity index (χ0v) is 26.2. The van der Waals surface area contributed by atoms with Crippen LogP contribution in [0.5, 0.6) is 11.5 Å². The molecule has 2 fully saturated rings. The van der Waals surface area contributed by atoms with Gasteiger partial charge >= 0.3 is 0 Å². The minimum Gasteiger partial charge on any atom is -0.451 e. The maximum atomic E-state index is 15.2. The smallest absolute Gasteiger partial charge is 0.257 e. The van der Waals surface area contributed by atoms with Crippen LogP contribution in [0.15, 0.2) is 30.7 Å². The molecule has 43 heavy (non-hydrogen) atoms. The molecule has 1 saturated carbocycles. The quantitative estimate of drug-likeness (QED) is 0.343. The van der Waals surface area contributed by atoms with Crippen LogP contribution >= 0.6 is 0 Å². The van der Waals surface area contributed by atoms with E-state index >= 15 is 4.39 Å². The summed E-state index contributed by atoms with van der Waals surface area (Å²) in [7, 11) is -3.20. The number of ether oxygens (including phenoxy) is 1. The summed E-state index contributed by atoms with van der Waals surface area (Å²) in [6.45, 7) is 9.53. The van der Waals surface area contributed by atoms with Crippen LogP contribution < -0.4 is 19.7 Å². The van der Waals surface area contributed by atoms with Crippen LogP contribution in [0.4, 0.5) is 14.6 Å². The van der Waals surface area contributed by atoms with Crippen LogP contribution in [0.25, 0.3) is 0 Å². The third kappa shape index (κ3) is 8.60. The van der Waals surface area contributed by atoms with Gasteiger partial charge in [0.25, 0.3) is 5.91 Å². The fourth-order valence-corrected chi connectivity index (χ4v) is 6.80. The standard InChI is InChI=1S/C30H44F2N6O4S/c1-5-38(20(3)4)30(39)25-13-23(31)9-12-27(25)42-28-16-34-19-35-29(28)37-17-22(26(32)18-37)15-33-14-21-7-10-24(11-8-21)36-43(40,41)6-2/h9,12-13,16,19-22,24,26,33,36H,5-8,10-11,14-15,17-18H2,1-4H3/t21-,22-,24-,26+/m0/s1. The predicted molar refractivity (Wildman–Crippen MR) is 162 cm³/mol. The van der Waals surface area contributed by atoms with E-state index in [2.05, 4.69) is 20.0 Å². The van der Waals surface area contributed by atoms with Crippen molar-refractivity contribution in [2.45, 2.75) is 71.6 Å². The first-order valence-electron chi connectivity index (χ1n) is 15.2. The van der Waals surface area contributed by atoms with E-state index < -0.39 is 22.0 Å². The summed E-state index contributed by atoms with van der Waals surface area (Å²) < 4.78 is 62.0. The first kappa shape index (κ1) is 33.0. The Kier molecular flexibility index (Phi) is 11.3. The Balaban J connectivity index is 1.36. The average Bonchev–Trinajstić information content (AvgIpc) is 3.35. The molecule has 10 nitrogen and oxygen atoms in total. The maximum Gasteiger partial charge on any atom is 0.257 e. The molecule has 1 aliphatic carbocycles. The number of amides is 1. The minimum atomic E-state index is -3.20. The van der Waals surface area contributed by atoms with Crippen LogP contribution in [0, 0.1) is 17.7 Å². The summed E-state index contributed by atoms with van der Waals surface area (Å²) in [5.74, 6) is 0.186. The Morgan fingerprint density at radius 2 is 1.88 bits per heavy atom. The van der Waals surface area contributed by atoms with Gasteiger partial charge in [-0.1, -0.05) is 0 Å². The maximum absolute atomic E-state index is 15.2. The van der Waals surface area contributed by atoms with Crippen molar-refractivity contribution in [2.75, 3.05) is 43.4 Å². The molecule has 2 atom stereocenters. The van der Waals surface area contributed by atoms with Crippen LogP contribution in [0.3, 0.4) is 0 Å². The monoisotopic (exact) mass is 622 g/mol. The number of alkyl halides is 1. The lowest BCUT2D eigenvalue weighted by molar-refractivity contribution is 0.0713. The van der Waals surface area contributed by atoms with Crippen molar-refractivity contribution in [3.05, 3.63) is 42.1 Å². The molecule has 2 aromatic rings. The number of nitrogens with zero attached hydrogens (tertiary/aromatic N) is 4. The molecule has 2 aliphatic rings. The van der Waals surface area contributed by atoms with Gasteiger partial charge in [0.2, 0.25) is 10.0 Å². The summed E-state index contributed by atoms with van der Waals surface area (Å²) in [6.07, 6.45) is 5.20. The molecule has 4 rings (SSSR count). The number of halogens is 2. The van der Waals surface area contributed by atoms with Crippen molar-refractivity contribution < 1.29 is 26.7 Å². The number of hydrogen-bond donors (Lipinski definition) is 2. The SMILES string of the molecule is CCN(C(=O)c1cc(F)ccc1Oc1cncnc1N1C[C@H](CNC[C@H]2CC[C@H](NS(=O)(=O)CC)CC2)[C@H](F)C1)C(C)C. The molecule has 1 aromatic carbocycles. The number of nitrogens with one attached hydrogen (secondary N) is 2. The van der Waals surface area contributed by atoms with Crippen molar-refractivity contribution in [1.82, 2.24) is 24.9 Å². The molecular formula is C30H44F2N6O4S. The molecule has 2 N–H and O–H groups in total. The summed E-state index contributed by atoms with van der Waals surface area (Å²) in [4.78, 5) is 25.1. The number of anilines is 1. The Morgan fingerprint density at radius 3 is 2.56 bits per heavy atom. The van der Waals surface area contributed by atoms with E-state index in [0.29, 0.717) is 31.4 Å². The van der Waals surface area contributed by atoms with Crippen molar-refractivity contribution in [3.63, 3.8) is 0 Å². The first-order valence-corrected chi connectivity index (χ1v) is 16.8. The minimum absolute atomic E-state index is 0.00557. The average molecular weight is 623 g/mol. The fourth-order valence-electron chi connectivity index (χ4n) is 5.89. The van der Waals surface area contributed by atoms with Gasteiger partial charge in [-0.3, -0.25) is 4.79 Å². The molecule has 2 heterocycles. The van der Waals surface area contributed by atoms with E-state index in [-0.39, 0.29) is 53.3 Å². The van der Waals surface area contributed by atoms with E-state index in [1.165, 1.54) is 24.7 Å². The van der Waals surface area contributed by atoms with Gasteiger partial charge in [0.1, 0.15) is 24.1 Å². The molecule has 1 aliphatic heterocycles. The molecule has 0 radical (unpaired) electrons. The molecule has 0 unspecified atom stereocenters. The second kappa shape index (κ2) is 14.7. The molecular weight excluding hydrogens is 578 g/mol. The van der Waals surface area contributed by atoms with E-state index in [1.807, 2.05) is 25.7 Å². The molecule has 13 heteroatoms. The third-order valence-electron chi connectivity index (χ3n) is 8.35. The van der Waals surface area contributed by atoms with Crippen LogP contribution in [0.2, 0.25) is 0 Å². The number of carbonyl (C=O) groups is 1. The predicted octanol–water partition coefficient (Wildman–Crippen LogP) is 4.14. The van der Waals surface area contributed by atoms with Crippen LogP contribution in [0.1, 0.15) is 63.7 Å². The largest absolute Gasteiger partial charge is 0.451 e. The van der Waals surface area contributed by atoms with Gasteiger partial charge in [0, 0.05) is 37.6 Å². The summed E-state index contributed by atoms with van der Waals surface area (Å²) in [6, 6.07) is 3.71. The highest BCUT2D eigenvalue weighted by molar-refractivity contribution is 7.89. The molecule has 1 saturated heterocycles. The second-order valence-electron chi connectivity index (χ2n) is 11.7. The van der Waals surface area contributed by atoms with Crippen LogP contribution in [-0.2, 0) is 10.0 Å². The van der Waals surface area contributed by atoms with Gasteiger partial charge in [-0.25, -0.2) is 31.9 Å². The van der Waals surface area contributed by atoms with Gasteiger partial charge in [-0.2, -0.15) is 0 Å². The third-order valence-corrected chi connectivity index (χ3v) is 9.80. The highest BCUT2D eigenvalue weighted by atomic mass is 32.2. The Morgan fingerprint density at radius 1 is 1.14 bits per heavy atom. The summed E-state index contributed by atoms with van der Waals surface area (Å²) in [5.41, 5.74) is 0.0917. The van der Waals surface area contributed by atoms with E-state index in [9.17, 15) is 17.6 Å². The van der Waals surface area contributed by atoms with Crippen LogP contribution in [-0.4, -0.2) is 85.9 Å². The number of sulfonamides is 1.